The molecule has 0 aliphatic carbocycles. The molecular formula is C11H17NO. The van der Waals surface area contributed by atoms with Crippen LogP contribution in [0.4, 0.5) is 0 Å². The van der Waals surface area contributed by atoms with Crippen molar-refractivity contribution in [2.24, 2.45) is 0 Å². The van der Waals surface area contributed by atoms with Gasteiger partial charge in [-0.3, -0.25) is 0 Å². The lowest BCUT2D eigenvalue weighted by atomic mass is 10.2. The zero-order valence-electron chi connectivity index (χ0n) is 8.50. The summed E-state index contributed by atoms with van der Waals surface area (Å²) in [5.74, 6) is 0. The van der Waals surface area contributed by atoms with Gasteiger partial charge in [-0.15, -0.1) is 0 Å². The van der Waals surface area contributed by atoms with Crippen molar-refractivity contribution in [2.75, 3.05) is 13.6 Å². The van der Waals surface area contributed by atoms with E-state index in [9.17, 15) is 4.79 Å². The van der Waals surface area contributed by atoms with E-state index in [2.05, 4.69) is 43.4 Å². The van der Waals surface area contributed by atoms with E-state index in [4.69, 9.17) is 0 Å². The van der Waals surface area contributed by atoms with E-state index in [0.717, 1.165) is 6.29 Å². The summed E-state index contributed by atoms with van der Waals surface area (Å²) in [5.41, 5.74) is 2.68. The highest BCUT2D eigenvalue weighted by atomic mass is 16.1. The standard InChI is InChI=1S/C8H10.C3H7NO/c1-7-4-3-5-8(2)6-7;1-4-2-3-5/h3-6H,1-2H3;3-4H,2H2,1H3. The van der Waals surface area contributed by atoms with Crippen LogP contribution in [0.1, 0.15) is 11.1 Å². The maximum absolute atomic E-state index is 9.34. The minimum Gasteiger partial charge on any atom is -0.313 e. The van der Waals surface area contributed by atoms with E-state index in [1.165, 1.54) is 11.1 Å². The fraction of sp³-hybridized carbons (Fsp3) is 0.364. The fourth-order valence-corrected chi connectivity index (χ4v) is 0.890. The molecule has 0 atom stereocenters. The second-order valence-corrected chi connectivity index (χ2v) is 2.88. The van der Waals surface area contributed by atoms with Gasteiger partial charge in [0.25, 0.3) is 0 Å². The summed E-state index contributed by atoms with van der Waals surface area (Å²) in [7, 11) is 1.73. The van der Waals surface area contributed by atoms with E-state index in [0.29, 0.717) is 6.54 Å². The predicted molar refractivity (Wildman–Crippen MR) is 55.9 cm³/mol. The molecular weight excluding hydrogens is 162 g/mol. The number of rotatable bonds is 2. The number of carbonyl (C=O) groups is 1. The number of nitrogens with one attached hydrogen (secondary N) is 1. The molecule has 1 rings (SSSR count). The monoisotopic (exact) mass is 179 g/mol. The average Bonchev–Trinajstić information content (AvgIpc) is 2.06. The minimum atomic E-state index is 0.458. The van der Waals surface area contributed by atoms with Gasteiger partial charge in [-0.25, -0.2) is 0 Å². The van der Waals surface area contributed by atoms with Crippen molar-refractivity contribution in [2.45, 2.75) is 13.8 Å². The quantitative estimate of drug-likeness (QED) is 0.700. The number of hydrogen-bond donors (Lipinski definition) is 1. The van der Waals surface area contributed by atoms with Crippen molar-refractivity contribution >= 4 is 6.29 Å². The molecule has 0 bridgehead atoms. The van der Waals surface area contributed by atoms with Crippen LogP contribution in [0.15, 0.2) is 24.3 Å². The molecule has 0 radical (unpaired) electrons. The Kier molecular flexibility index (Phi) is 6.83. The Labute approximate surface area is 80.0 Å². The normalized spacial score (nSPS) is 8.54. The second-order valence-electron chi connectivity index (χ2n) is 2.88. The SMILES string of the molecule is CNCC=O.Cc1cccc(C)c1. The van der Waals surface area contributed by atoms with E-state index >= 15 is 0 Å². The van der Waals surface area contributed by atoms with Gasteiger partial charge in [0, 0.05) is 0 Å². The molecule has 1 N–H and O–H groups in total. The molecule has 0 unspecified atom stereocenters. The smallest absolute Gasteiger partial charge is 0.133 e. The average molecular weight is 179 g/mol. The summed E-state index contributed by atoms with van der Waals surface area (Å²) in [5, 5.41) is 2.65. The number of aldehydes is 1. The van der Waals surface area contributed by atoms with E-state index in [1.54, 1.807) is 7.05 Å². The summed E-state index contributed by atoms with van der Waals surface area (Å²) in [6.07, 6.45) is 0.819. The van der Waals surface area contributed by atoms with Crippen LogP contribution < -0.4 is 5.32 Å². The molecule has 0 saturated carbocycles. The number of aryl methyl sites for hydroxylation is 2. The van der Waals surface area contributed by atoms with Gasteiger partial charge < -0.3 is 10.1 Å². The molecule has 2 heteroatoms. The van der Waals surface area contributed by atoms with Crippen LogP contribution in [0.25, 0.3) is 0 Å². The highest BCUT2D eigenvalue weighted by Gasteiger charge is 1.80. The van der Waals surface area contributed by atoms with Gasteiger partial charge in [0.15, 0.2) is 0 Å². The molecule has 0 aliphatic heterocycles. The van der Waals surface area contributed by atoms with Crippen LogP contribution in [-0.2, 0) is 4.79 Å². The lowest BCUT2D eigenvalue weighted by Crippen LogP contribution is -2.07. The Hall–Kier alpha value is -1.15. The zero-order valence-corrected chi connectivity index (χ0v) is 8.50. The van der Waals surface area contributed by atoms with Gasteiger partial charge in [0.05, 0.1) is 6.54 Å². The van der Waals surface area contributed by atoms with Gasteiger partial charge in [0.1, 0.15) is 6.29 Å². The lowest BCUT2D eigenvalue weighted by molar-refractivity contribution is -0.107. The molecule has 0 spiro atoms. The van der Waals surface area contributed by atoms with E-state index < -0.39 is 0 Å². The zero-order chi connectivity index (χ0) is 10.1. The molecule has 0 saturated heterocycles. The van der Waals surface area contributed by atoms with Gasteiger partial charge in [0.2, 0.25) is 0 Å². The number of benzene rings is 1. The van der Waals surface area contributed by atoms with Crippen LogP contribution in [0.2, 0.25) is 0 Å². The molecule has 1 aromatic rings. The van der Waals surface area contributed by atoms with Gasteiger partial charge >= 0.3 is 0 Å². The van der Waals surface area contributed by atoms with Gasteiger partial charge in [-0.2, -0.15) is 0 Å². The summed E-state index contributed by atoms with van der Waals surface area (Å²) in [4.78, 5) is 9.34. The third-order valence-corrected chi connectivity index (χ3v) is 1.46. The molecule has 0 aromatic heterocycles. The Bertz CT molecular complexity index is 228. The van der Waals surface area contributed by atoms with Crippen LogP contribution >= 0.6 is 0 Å². The van der Waals surface area contributed by atoms with Gasteiger partial charge in [-0.1, -0.05) is 35.4 Å². The first-order valence-electron chi connectivity index (χ1n) is 4.32. The molecule has 0 heterocycles. The summed E-state index contributed by atoms with van der Waals surface area (Å²) in [6.45, 7) is 4.67. The first-order valence-corrected chi connectivity index (χ1v) is 4.32. The van der Waals surface area contributed by atoms with Crippen LogP contribution in [0.3, 0.4) is 0 Å². The summed E-state index contributed by atoms with van der Waals surface area (Å²) >= 11 is 0. The fourth-order valence-electron chi connectivity index (χ4n) is 0.890. The third-order valence-electron chi connectivity index (χ3n) is 1.46. The summed E-state index contributed by atoms with van der Waals surface area (Å²) in [6, 6.07) is 8.45. The molecule has 0 amide bonds. The first kappa shape index (κ1) is 11.8. The number of hydrogen-bond acceptors (Lipinski definition) is 2. The Balaban J connectivity index is 0.000000252. The van der Waals surface area contributed by atoms with Crippen molar-refractivity contribution in [3.05, 3.63) is 35.4 Å². The minimum absolute atomic E-state index is 0.458. The second kappa shape index (κ2) is 7.50. The molecule has 0 aliphatic rings. The maximum atomic E-state index is 9.34. The predicted octanol–water partition coefficient (Wildman–Crippen LogP) is 1.71. The molecule has 2 nitrogen and oxygen atoms in total. The van der Waals surface area contributed by atoms with Crippen LogP contribution in [0, 0.1) is 13.8 Å². The molecule has 72 valence electrons. The van der Waals surface area contributed by atoms with Crippen molar-refractivity contribution in [1.82, 2.24) is 5.32 Å². The Morgan fingerprint density at radius 1 is 1.31 bits per heavy atom. The largest absolute Gasteiger partial charge is 0.313 e. The van der Waals surface area contributed by atoms with Crippen molar-refractivity contribution in [1.29, 1.82) is 0 Å². The number of likely N-dealkylation sites (N-methyl/N-ethyl adjacent to an activating group) is 1. The molecule has 13 heavy (non-hydrogen) atoms. The van der Waals surface area contributed by atoms with Crippen LogP contribution in [0.5, 0.6) is 0 Å². The Morgan fingerprint density at radius 3 is 2.00 bits per heavy atom. The van der Waals surface area contributed by atoms with Crippen molar-refractivity contribution < 1.29 is 4.79 Å². The molecule has 0 fully saturated rings. The van der Waals surface area contributed by atoms with Crippen molar-refractivity contribution in [3.8, 4) is 0 Å². The maximum Gasteiger partial charge on any atom is 0.133 e. The lowest BCUT2D eigenvalue weighted by Gasteiger charge is -1.90. The topological polar surface area (TPSA) is 29.1 Å². The number of carbonyl (C=O) groups excluding carboxylic acids is 1. The molecule has 1 aromatic carbocycles. The van der Waals surface area contributed by atoms with Crippen LogP contribution in [-0.4, -0.2) is 19.9 Å². The first-order chi connectivity index (χ1) is 6.20. The highest BCUT2D eigenvalue weighted by Crippen LogP contribution is 2.00. The third kappa shape index (κ3) is 7.22. The Morgan fingerprint density at radius 2 is 1.85 bits per heavy atom. The van der Waals surface area contributed by atoms with Gasteiger partial charge in [-0.05, 0) is 20.9 Å². The van der Waals surface area contributed by atoms with Crippen molar-refractivity contribution in [3.63, 3.8) is 0 Å². The highest BCUT2D eigenvalue weighted by molar-refractivity contribution is 5.51. The van der Waals surface area contributed by atoms with E-state index in [1.807, 2.05) is 0 Å². The van der Waals surface area contributed by atoms with E-state index in [-0.39, 0.29) is 0 Å². The summed E-state index contributed by atoms with van der Waals surface area (Å²) < 4.78 is 0.